The topological polar surface area (TPSA) is 75.0 Å². The molecule has 6 heteroatoms. The summed E-state index contributed by atoms with van der Waals surface area (Å²) in [6, 6.07) is 12.0. The lowest BCUT2D eigenvalue weighted by atomic mass is 10.1. The number of methoxy groups -OCH3 is 1. The van der Waals surface area contributed by atoms with Gasteiger partial charge in [-0.25, -0.2) is 0 Å². The second-order valence-corrected chi connectivity index (χ2v) is 5.36. The van der Waals surface area contributed by atoms with Crippen molar-refractivity contribution in [1.82, 2.24) is 0 Å². The molecule has 0 saturated heterocycles. The fourth-order valence-electron chi connectivity index (χ4n) is 2.45. The number of furan rings is 1. The van der Waals surface area contributed by atoms with E-state index in [0.717, 1.165) is 5.39 Å². The van der Waals surface area contributed by atoms with E-state index in [2.05, 4.69) is 0 Å². The third-order valence-corrected chi connectivity index (χ3v) is 3.46. The molecule has 0 radical (unpaired) electrons. The first-order valence-electron chi connectivity index (χ1n) is 7.55. The van der Waals surface area contributed by atoms with Crippen LogP contribution in [0, 0.1) is 0 Å². The van der Waals surface area contributed by atoms with Crippen molar-refractivity contribution in [2.45, 2.75) is 13.8 Å². The van der Waals surface area contributed by atoms with E-state index in [9.17, 15) is 9.59 Å². The first-order valence-corrected chi connectivity index (χ1v) is 7.55. The molecule has 0 saturated carbocycles. The summed E-state index contributed by atoms with van der Waals surface area (Å²) in [5.41, 5.74) is 1.17. The van der Waals surface area contributed by atoms with E-state index >= 15 is 0 Å². The Hall–Kier alpha value is -3.28. The monoisotopic (exact) mass is 340 g/mol. The Morgan fingerprint density at radius 1 is 0.880 bits per heavy atom. The summed E-state index contributed by atoms with van der Waals surface area (Å²) in [7, 11) is 1.53. The van der Waals surface area contributed by atoms with Crippen LogP contribution in [-0.2, 0) is 9.59 Å². The second kappa shape index (κ2) is 6.68. The van der Waals surface area contributed by atoms with E-state index in [0.29, 0.717) is 34.2 Å². The maximum absolute atomic E-state index is 11.4. The van der Waals surface area contributed by atoms with Crippen LogP contribution < -0.4 is 14.2 Å². The van der Waals surface area contributed by atoms with E-state index in [1.807, 2.05) is 6.07 Å². The SMILES string of the molecule is COc1ccc(-c2cc3ccc(OC(C)=O)cc3o2)c(OC(C)=O)c1. The molecule has 0 atom stereocenters. The van der Waals surface area contributed by atoms with Gasteiger partial charge in [-0.15, -0.1) is 0 Å². The minimum atomic E-state index is -0.442. The summed E-state index contributed by atoms with van der Waals surface area (Å²) in [6.07, 6.45) is 0. The molecule has 0 spiro atoms. The van der Waals surface area contributed by atoms with Crippen LogP contribution in [-0.4, -0.2) is 19.0 Å². The summed E-state index contributed by atoms with van der Waals surface area (Å²) in [5, 5.41) is 0.829. The molecule has 1 heterocycles. The largest absolute Gasteiger partial charge is 0.497 e. The highest BCUT2D eigenvalue weighted by Crippen LogP contribution is 2.37. The van der Waals surface area contributed by atoms with Crippen molar-refractivity contribution in [3.05, 3.63) is 42.5 Å². The molecule has 0 bridgehead atoms. The highest BCUT2D eigenvalue weighted by Gasteiger charge is 2.15. The van der Waals surface area contributed by atoms with Crippen LogP contribution in [0.5, 0.6) is 17.2 Å². The average Bonchev–Trinajstić information content (AvgIpc) is 2.96. The van der Waals surface area contributed by atoms with E-state index < -0.39 is 11.9 Å². The van der Waals surface area contributed by atoms with Gasteiger partial charge in [0.05, 0.1) is 12.7 Å². The van der Waals surface area contributed by atoms with E-state index in [1.54, 1.807) is 36.4 Å². The minimum absolute atomic E-state index is 0.339. The molecule has 128 valence electrons. The molecular weight excluding hydrogens is 324 g/mol. The van der Waals surface area contributed by atoms with Gasteiger partial charge < -0.3 is 18.6 Å². The first-order chi connectivity index (χ1) is 12.0. The Balaban J connectivity index is 2.06. The number of benzene rings is 2. The van der Waals surface area contributed by atoms with Gasteiger partial charge in [-0.2, -0.15) is 0 Å². The quantitative estimate of drug-likeness (QED) is 0.529. The molecular formula is C19H16O6. The van der Waals surface area contributed by atoms with Crippen molar-refractivity contribution in [2.75, 3.05) is 7.11 Å². The smallest absolute Gasteiger partial charge is 0.308 e. The standard InChI is InChI=1S/C19H16O6/c1-11(20)23-15-5-4-13-8-18(25-17(13)10-15)16-7-6-14(22-3)9-19(16)24-12(2)21/h4-10H,1-3H3. The van der Waals surface area contributed by atoms with Crippen LogP contribution in [0.1, 0.15) is 13.8 Å². The predicted molar refractivity (Wildman–Crippen MR) is 90.8 cm³/mol. The van der Waals surface area contributed by atoms with E-state index in [-0.39, 0.29) is 0 Å². The fraction of sp³-hybridized carbons (Fsp3) is 0.158. The average molecular weight is 340 g/mol. The molecule has 3 rings (SSSR count). The van der Waals surface area contributed by atoms with Gasteiger partial charge >= 0.3 is 11.9 Å². The molecule has 6 nitrogen and oxygen atoms in total. The van der Waals surface area contributed by atoms with Crippen molar-refractivity contribution in [1.29, 1.82) is 0 Å². The summed E-state index contributed by atoms with van der Waals surface area (Å²) in [6.45, 7) is 2.66. The Kier molecular flexibility index (Phi) is 4.43. The fourth-order valence-corrected chi connectivity index (χ4v) is 2.45. The number of carbonyl (C=O) groups is 2. The number of hydrogen-bond acceptors (Lipinski definition) is 6. The molecule has 0 aliphatic heterocycles. The normalized spacial score (nSPS) is 10.5. The molecule has 0 aliphatic carbocycles. The van der Waals surface area contributed by atoms with Crippen molar-refractivity contribution in [2.24, 2.45) is 0 Å². The van der Waals surface area contributed by atoms with Crippen LogP contribution in [0.15, 0.2) is 46.9 Å². The van der Waals surface area contributed by atoms with Crippen molar-refractivity contribution in [3.63, 3.8) is 0 Å². The Morgan fingerprint density at radius 2 is 1.60 bits per heavy atom. The van der Waals surface area contributed by atoms with E-state index in [4.69, 9.17) is 18.6 Å². The number of rotatable bonds is 4. The first kappa shape index (κ1) is 16.6. The van der Waals surface area contributed by atoms with Crippen LogP contribution >= 0.6 is 0 Å². The van der Waals surface area contributed by atoms with Crippen LogP contribution in [0.3, 0.4) is 0 Å². The summed E-state index contributed by atoms with van der Waals surface area (Å²) < 4.78 is 21.3. The van der Waals surface area contributed by atoms with Crippen LogP contribution in [0.2, 0.25) is 0 Å². The maximum atomic E-state index is 11.4. The lowest BCUT2D eigenvalue weighted by Crippen LogP contribution is -2.02. The zero-order chi connectivity index (χ0) is 18.0. The van der Waals surface area contributed by atoms with Crippen LogP contribution in [0.4, 0.5) is 0 Å². The van der Waals surface area contributed by atoms with E-state index in [1.165, 1.54) is 21.0 Å². The molecule has 3 aromatic rings. The van der Waals surface area contributed by atoms with Gasteiger partial charge in [0, 0.05) is 31.4 Å². The van der Waals surface area contributed by atoms with Gasteiger partial charge in [0.25, 0.3) is 0 Å². The number of ether oxygens (including phenoxy) is 3. The zero-order valence-corrected chi connectivity index (χ0v) is 14.0. The van der Waals surface area contributed by atoms with Gasteiger partial charge in [0.2, 0.25) is 0 Å². The number of fused-ring (bicyclic) bond motifs is 1. The molecule has 0 fully saturated rings. The molecule has 1 aromatic heterocycles. The molecule has 2 aromatic carbocycles. The zero-order valence-electron chi connectivity index (χ0n) is 14.0. The van der Waals surface area contributed by atoms with Gasteiger partial charge in [-0.3, -0.25) is 9.59 Å². The minimum Gasteiger partial charge on any atom is -0.497 e. The second-order valence-electron chi connectivity index (χ2n) is 5.36. The van der Waals surface area contributed by atoms with Crippen LogP contribution in [0.25, 0.3) is 22.3 Å². The summed E-state index contributed by atoms with van der Waals surface area (Å²) in [5.74, 6) is 0.977. The van der Waals surface area contributed by atoms with Gasteiger partial charge in [-0.05, 0) is 30.3 Å². The molecule has 0 N–H and O–H groups in total. The number of hydrogen-bond donors (Lipinski definition) is 0. The molecule has 0 amide bonds. The predicted octanol–water partition coefficient (Wildman–Crippen LogP) is 3.96. The molecule has 0 unspecified atom stereocenters. The highest BCUT2D eigenvalue weighted by atomic mass is 16.5. The van der Waals surface area contributed by atoms with Crippen molar-refractivity contribution < 1.29 is 28.2 Å². The van der Waals surface area contributed by atoms with Crippen molar-refractivity contribution >= 4 is 22.9 Å². The Labute approximate surface area is 143 Å². The Morgan fingerprint density at radius 3 is 2.28 bits per heavy atom. The number of carbonyl (C=O) groups excluding carboxylic acids is 2. The highest BCUT2D eigenvalue weighted by molar-refractivity contribution is 5.86. The summed E-state index contributed by atoms with van der Waals surface area (Å²) in [4.78, 5) is 22.4. The van der Waals surface area contributed by atoms with Gasteiger partial charge in [0.15, 0.2) is 0 Å². The van der Waals surface area contributed by atoms with Gasteiger partial charge in [-0.1, -0.05) is 0 Å². The van der Waals surface area contributed by atoms with Crippen molar-refractivity contribution in [3.8, 4) is 28.6 Å². The molecule has 0 aliphatic rings. The lowest BCUT2D eigenvalue weighted by Gasteiger charge is -2.09. The summed E-state index contributed by atoms with van der Waals surface area (Å²) >= 11 is 0. The lowest BCUT2D eigenvalue weighted by molar-refractivity contribution is -0.132. The van der Waals surface area contributed by atoms with Gasteiger partial charge in [0.1, 0.15) is 28.6 Å². The Bertz CT molecular complexity index is 954. The maximum Gasteiger partial charge on any atom is 0.308 e. The third-order valence-electron chi connectivity index (χ3n) is 3.46. The number of esters is 2. The third kappa shape index (κ3) is 3.63. The molecule has 25 heavy (non-hydrogen) atoms.